The minimum atomic E-state index is -0.0362. The summed E-state index contributed by atoms with van der Waals surface area (Å²) in [5, 5.41) is 2.66. The summed E-state index contributed by atoms with van der Waals surface area (Å²) in [6, 6.07) is 3.52. The molecule has 78 valence electrons. The van der Waals surface area contributed by atoms with E-state index in [0.29, 0.717) is 18.8 Å². The predicted octanol–water partition coefficient (Wildman–Crippen LogP) is 0.541. The predicted molar refractivity (Wildman–Crippen MR) is 58.8 cm³/mol. The highest BCUT2D eigenvalue weighted by Crippen LogP contribution is 1.98. The van der Waals surface area contributed by atoms with Crippen LogP contribution in [0.5, 0.6) is 0 Å². The molecule has 1 rings (SSSR count). The fraction of sp³-hybridized carbons (Fsp3) is 0.273. The Morgan fingerprint density at radius 3 is 3.00 bits per heavy atom. The Labute approximate surface area is 88.9 Å². The molecule has 4 heteroatoms. The van der Waals surface area contributed by atoms with Gasteiger partial charge < -0.3 is 11.1 Å². The van der Waals surface area contributed by atoms with Crippen LogP contribution in [0.25, 0.3) is 0 Å². The molecule has 4 nitrogen and oxygen atoms in total. The van der Waals surface area contributed by atoms with E-state index in [9.17, 15) is 4.79 Å². The zero-order valence-corrected chi connectivity index (χ0v) is 8.58. The third-order valence-electron chi connectivity index (χ3n) is 1.64. The van der Waals surface area contributed by atoms with Crippen molar-refractivity contribution < 1.29 is 4.79 Å². The maximum atomic E-state index is 10.5. The van der Waals surface area contributed by atoms with Gasteiger partial charge in [-0.15, -0.1) is 0 Å². The molecule has 0 fully saturated rings. The Kier molecular flexibility index (Phi) is 4.17. The first-order valence-electron chi connectivity index (χ1n) is 4.63. The Hall–Kier alpha value is -2.02. The standard InChI is InChI=1S/C11H13N3O/c1-9(15)13-7-3-2-4-10-5-6-11(12)14-8-10/h5-6,8H,3,7H2,1H3,(H2,12,14)(H,13,15). The van der Waals surface area contributed by atoms with Gasteiger partial charge in [-0.05, 0) is 12.1 Å². The number of nitrogens with one attached hydrogen (secondary N) is 1. The Morgan fingerprint density at radius 1 is 1.60 bits per heavy atom. The van der Waals surface area contributed by atoms with Crippen LogP contribution in [0.1, 0.15) is 18.9 Å². The highest BCUT2D eigenvalue weighted by atomic mass is 16.1. The first-order valence-corrected chi connectivity index (χ1v) is 4.63. The summed E-state index contributed by atoms with van der Waals surface area (Å²) < 4.78 is 0. The van der Waals surface area contributed by atoms with Crippen LogP contribution in [0.2, 0.25) is 0 Å². The van der Waals surface area contributed by atoms with Gasteiger partial charge in [-0.1, -0.05) is 11.8 Å². The molecule has 1 heterocycles. The van der Waals surface area contributed by atoms with E-state index in [0.717, 1.165) is 5.56 Å². The third-order valence-corrected chi connectivity index (χ3v) is 1.64. The highest BCUT2D eigenvalue weighted by Gasteiger charge is 1.88. The van der Waals surface area contributed by atoms with E-state index in [-0.39, 0.29) is 5.91 Å². The lowest BCUT2D eigenvalue weighted by molar-refractivity contribution is -0.118. The molecule has 0 aromatic carbocycles. The van der Waals surface area contributed by atoms with Crippen molar-refractivity contribution in [2.75, 3.05) is 12.3 Å². The normalized spacial score (nSPS) is 8.87. The molecular weight excluding hydrogens is 190 g/mol. The van der Waals surface area contributed by atoms with Crippen molar-refractivity contribution in [2.45, 2.75) is 13.3 Å². The van der Waals surface area contributed by atoms with Crippen molar-refractivity contribution in [2.24, 2.45) is 0 Å². The van der Waals surface area contributed by atoms with E-state index in [1.807, 2.05) is 6.07 Å². The average Bonchev–Trinajstić information content (AvgIpc) is 2.20. The maximum absolute atomic E-state index is 10.5. The summed E-state index contributed by atoms with van der Waals surface area (Å²) in [4.78, 5) is 14.4. The lowest BCUT2D eigenvalue weighted by Gasteiger charge is -1.94. The van der Waals surface area contributed by atoms with Gasteiger partial charge in [0.05, 0.1) is 0 Å². The first-order chi connectivity index (χ1) is 7.18. The molecule has 0 radical (unpaired) electrons. The number of nitrogens with two attached hydrogens (primary N) is 1. The number of pyridine rings is 1. The van der Waals surface area contributed by atoms with Crippen LogP contribution in [0.4, 0.5) is 5.82 Å². The molecule has 0 aliphatic carbocycles. The number of hydrogen-bond acceptors (Lipinski definition) is 3. The number of anilines is 1. The lowest BCUT2D eigenvalue weighted by atomic mass is 10.2. The molecule has 0 aliphatic rings. The second kappa shape index (κ2) is 5.66. The summed E-state index contributed by atoms with van der Waals surface area (Å²) in [5.74, 6) is 6.31. The monoisotopic (exact) mass is 203 g/mol. The quantitative estimate of drug-likeness (QED) is 0.544. The van der Waals surface area contributed by atoms with Gasteiger partial charge >= 0.3 is 0 Å². The van der Waals surface area contributed by atoms with Crippen LogP contribution in [-0.4, -0.2) is 17.4 Å². The molecule has 15 heavy (non-hydrogen) atoms. The van der Waals surface area contributed by atoms with Crippen LogP contribution < -0.4 is 11.1 Å². The fourth-order valence-corrected chi connectivity index (χ4v) is 0.945. The number of nitrogens with zero attached hydrogens (tertiary/aromatic N) is 1. The SMILES string of the molecule is CC(=O)NCCC#Cc1ccc(N)nc1. The summed E-state index contributed by atoms with van der Waals surface area (Å²) >= 11 is 0. The van der Waals surface area contributed by atoms with Crippen molar-refractivity contribution in [1.82, 2.24) is 10.3 Å². The third kappa shape index (κ3) is 4.67. The van der Waals surface area contributed by atoms with Crippen LogP contribution in [0, 0.1) is 11.8 Å². The summed E-state index contributed by atoms with van der Waals surface area (Å²) in [7, 11) is 0. The number of carbonyl (C=O) groups is 1. The molecule has 0 unspecified atom stereocenters. The molecular formula is C11H13N3O. The molecule has 1 aromatic rings. The van der Waals surface area contributed by atoms with Gasteiger partial charge in [-0.2, -0.15) is 0 Å². The molecule has 3 N–H and O–H groups in total. The van der Waals surface area contributed by atoms with Gasteiger partial charge in [0.2, 0.25) is 5.91 Å². The minimum Gasteiger partial charge on any atom is -0.384 e. The minimum absolute atomic E-state index is 0.0362. The average molecular weight is 203 g/mol. The van der Waals surface area contributed by atoms with Gasteiger partial charge in [0.1, 0.15) is 5.82 Å². The van der Waals surface area contributed by atoms with E-state index in [4.69, 9.17) is 5.73 Å². The highest BCUT2D eigenvalue weighted by molar-refractivity contribution is 5.72. The number of amides is 1. The van der Waals surface area contributed by atoms with Crippen LogP contribution in [0.15, 0.2) is 18.3 Å². The number of carbonyl (C=O) groups excluding carboxylic acids is 1. The van der Waals surface area contributed by atoms with Crippen molar-refractivity contribution in [1.29, 1.82) is 0 Å². The van der Waals surface area contributed by atoms with Gasteiger partial charge in [0.15, 0.2) is 0 Å². The molecule has 1 amide bonds. The van der Waals surface area contributed by atoms with Crippen LogP contribution >= 0.6 is 0 Å². The molecule has 1 aromatic heterocycles. The number of rotatable bonds is 2. The van der Waals surface area contributed by atoms with Crippen molar-refractivity contribution >= 4 is 11.7 Å². The summed E-state index contributed by atoms with van der Waals surface area (Å²) in [6.45, 7) is 2.06. The van der Waals surface area contributed by atoms with E-state index in [1.165, 1.54) is 6.92 Å². The molecule has 0 spiro atoms. The summed E-state index contributed by atoms with van der Waals surface area (Å²) in [6.07, 6.45) is 2.25. The Balaban J connectivity index is 2.38. The topological polar surface area (TPSA) is 68.0 Å². The zero-order chi connectivity index (χ0) is 11.1. The van der Waals surface area contributed by atoms with E-state index in [2.05, 4.69) is 22.1 Å². The van der Waals surface area contributed by atoms with Gasteiger partial charge in [-0.25, -0.2) is 4.98 Å². The lowest BCUT2D eigenvalue weighted by Crippen LogP contribution is -2.20. The Bertz CT molecular complexity index is 387. The number of nitrogen functional groups attached to an aromatic ring is 1. The van der Waals surface area contributed by atoms with E-state index < -0.39 is 0 Å². The van der Waals surface area contributed by atoms with Gasteiger partial charge in [0, 0.05) is 31.6 Å². The smallest absolute Gasteiger partial charge is 0.216 e. The largest absolute Gasteiger partial charge is 0.384 e. The zero-order valence-electron chi connectivity index (χ0n) is 8.58. The second-order valence-corrected chi connectivity index (χ2v) is 3.01. The van der Waals surface area contributed by atoms with Crippen LogP contribution in [0.3, 0.4) is 0 Å². The molecule has 0 atom stereocenters. The molecule has 0 saturated carbocycles. The van der Waals surface area contributed by atoms with Crippen molar-refractivity contribution in [3.63, 3.8) is 0 Å². The van der Waals surface area contributed by atoms with E-state index >= 15 is 0 Å². The molecule has 0 saturated heterocycles. The molecule has 0 bridgehead atoms. The van der Waals surface area contributed by atoms with E-state index in [1.54, 1.807) is 12.3 Å². The number of hydrogen-bond donors (Lipinski definition) is 2. The Morgan fingerprint density at radius 2 is 2.40 bits per heavy atom. The second-order valence-electron chi connectivity index (χ2n) is 3.01. The van der Waals surface area contributed by atoms with Gasteiger partial charge in [-0.3, -0.25) is 4.79 Å². The molecule has 0 aliphatic heterocycles. The maximum Gasteiger partial charge on any atom is 0.216 e. The number of aromatic nitrogens is 1. The van der Waals surface area contributed by atoms with Crippen molar-refractivity contribution in [3.05, 3.63) is 23.9 Å². The van der Waals surface area contributed by atoms with Gasteiger partial charge in [0.25, 0.3) is 0 Å². The fourth-order valence-electron chi connectivity index (χ4n) is 0.945. The van der Waals surface area contributed by atoms with Crippen molar-refractivity contribution in [3.8, 4) is 11.8 Å². The van der Waals surface area contributed by atoms with Crippen LogP contribution in [-0.2, 0) is 4.79 Å². The first kappa shape index (κ1) is 11.1. The summed E-state index contributed by atoms with van der Waals surface area (Å²) in [5.41, 5.74) is 6.26.